The van der Waals surface area contributed by atoms with Crippen LogP contribution in [-0.2, 0) is 4.79 Å². The van der Waals surface area contributed by atoms with Crippen molar-refractivity contribution in [1.29, 1.82) is 0 Å². The van der Waals surface area contributed by atoms with Gasteiger partial charge in [0.1, 0.15) is 11.9 Å². The molecule has 6 nitrogen and oxygen atoms in total. The van der Waals surface area contributed by atoms with Gasteiger partial charge in [0, 0.05) is 25.7 Å². The van der Waals surface area contributed by atoms with Crippen molar-refractivity contribution >= 4 is 22.5 Å². The molecule has 110 valence electrons. The summed E-state index contributed by atoms with van der Waals surface area (Å²) in [6.45, 7) is 2.05. The molecule has 0 bridgehead atoms. The Bertz CT molecular complexity index is 700. The highest BCUT2D eigenvalue weighted by molar-refractivity contribution is 5.96. The lowest BCUT2D eigenvalue weighted by Gasteiger charge is -2.19. The Hall–Kier alpha value is -2.50. The van der Waals surface area contributed by atoms with Gasteiger partial charge >= 0.3 is 0 Å². The van der Waals surface area contributed by atoms with Gasteiger partial charge in [-0.3, -0.25) is 4.79 Å². The van der Waals surface area contributed by atoms with Gasteiger partial charge in [0.15, 0.2) is 11.5 Å². The predicted octanol–water partition coefficient (Wildman–Crippen LogP) is 1.85. The molecule has 1 aliphatic rings. The number of carbonyl (C=O) groups excluding carboxylic acids is 1. The molecule has 1 unspecified atom stereocenters. The maximum Gasteiger partial charge on any atom is 0.244 e. The molecule has 0 radical (unpaired) electrons. The Balaban J connectivity index is 1.97. The number of rotatable bonds is 3. The number of amides is 1. The summed E-state index contributed by atoms with van der Waals surface area (Å²) in [4.78, 5) is 17.9. The second-order valence-corrected chi connectivity index (χ2v) is 5.18. The van der Waals surface area contributed by atoms with Crippen LogP contribution in [-0.4, -0.2) is 42.7 Å². The number of nitrogens with zero attached hydrogens (tertiary/aromatic N) is 2. The summed E-state index contributed by atoms with van der Waals surface area (Å²) in [6, 6.07) is 5.35. The number of anilines is 1. The molecule has 1 aromatic heterocycles. The maximum atomic E-state index is 12.0. The number of pyridine rings is 1. The highest BCUT2D eigenvalue weighted by atomic mass is 16.7. The normalized spacial score (nSPS) is 14.0. The molecule has 1 aromatic carbocycles. The third-order valence-corrected chi connectivity index (χ3v) is 3.42. The van der Waals surface area contributed by atoms with Crippen molar-refractivity contribution in [2.75, 3.05) is 26.2 Å². The molecule has 1 atom stereocenters. The quantitative estimate of drug-likeness (QED) is 0.933. The minimum absolute atomic E-state index is 0.00505. The highest BCUT2D eigenvalue weighted by Crippen LogP contribution is 2.37. The van der Waals surface area contributed by atoms with E-state index in [1.54, 1.807) is 25.2 Å². The van der Waals surface area contributed by atoms with E-state index in [1.165, 1.54) is 0 Å². The van der Waals surface area contributed by atoms with E-state index >= 15 is 0 Å². The molecule has 0 spiro atoms. The molecule has 1 N–H and O–H groups in total. The van der Waals surface area contributed by atoms with E-state index in [0.29, 0.717) is 11.6 Å². The first-order valence-electron chi connectivity index (χ1n) is 6.72. The average molecular weight is 287 g/mol. The summed E-state index contributed by atoms with van der Waals surface area (Å²) in [6.07, 6.45) is 1.71. The second kappa shape index (κ2) is 5.12. The number of likely N-dealkylation sites (N-methyl/N-ethyl adjacent to an activating group) is 1. The summed E-state index contributed by atoms with van der Waals surface area (Å²) in [5, 5.41) is 5.05. The van der Waals surface area contributed by atoms with Gasteiger partial charge in [-0.2, -0.15) is 0 Å². The second-order valence-electron chi connectivity index (χ2n) is 5.18. The van der Waals surface area contributed by atoms with E-state index in [0.717, 1.165) is 16.5 Å². The van der Waals surface area contributed by atoms with E-state index in [1.807, 2.05) is 25.1 Å². The van der Waals surface area contributed by atoms with Gasteiger partial charge in [-0.05, 0) is 30.5 Å². The van der Waals surface area contributed by atoms with Crippen LogP contribution in [0.3, 0.4) is 0 Å². The van der Waals surface area contributed by atoms with Crippen molar-refractivity contribution in [2.45, 2.75) is 13.0 Å². The fourth-order valence-electron chi connectivity index (χ4n) is 2.33. The van der Waals surface area contributed by atoms with E-state index in [2.05, 4.69) is 10.3 Å². The van der Waals surface area contributed by atoms with Crippen LogP contribution in [0.25, 0.3) is 10.8 Å². The topological polar surface area (TPSA) is 63.7 Å². The lowest BCUT2D eigenvalue weighted by molar-refractivity contribution is -0.129. The smallest absolute Gasteiger partial charge is 0.244 e. The molecule has 0 saturated carbocycles. The summed E-state index contributed by atoms with van der Waals surface area (Å²) in [7, 11) is 3.46. The van der Waals surface area contributed by atoms with E-state index < -0.39 is 0 Å². The molecule has 0 aliphatic carbocycles. The molecule has 1 amide bonds. The van der Waals surface area contributed by atoms with Gasteiger partial charge < -0.3 is 19.7 Å². The Kier molecular flexibility index (Phi) is 3.29. The van der Waals surface area contributed by atoms with Gasteiger partial charge in [0.05, 0.1) is 0 Å². The van der Waals surface area contributed by atoms with E-state index in [9.17, 15) is 4.79 Å². The molecular weight excluding hydrogens is 270 g/mol. The third-order valence-electron chi connectivity index (χ3n) is 3.42. The zero-order valence-electron chi connectivity index (χ0n) is 12.2. The molecule has 6 heteroatoms. The van der Waals surface area contributed by atoms with Crippen molar-refractivity contribution in [2.24, 2.45) is 0 Å². The lowest BCUT2D eigenvalue weighted by atomic mass is 10.1. The molecule has 0 fully saturated rings. The summed E-state index contributed by atoms with van der Waals surface area (Å²) >= 11 is 0. The monoisotopic (exact) mass is 287 g/mol. The number of nitrogens with one attached hydrogen (secondary N) is 1. The predicted molar refractivity (Wildman–Crippen MR) is 79.6 cm³/mol. The van der Waals surface area contributed by atoms with Crippen LogP contribution in [0.1, 0.15) is 6.92 Å². The van der Waals surface area contributed by atoms with Crippen LogP contribution >= 0.6 is 0 Å². The van der Waals surface area contributed by atoms with E-state index in [-0.39, 0.29) is 18.7 Å². The molecule has 3 rings (SSSR count). The molecular formula is C15H17N3O3. The van der Waals surface area contributed by atoms with Crippen molar-refractivity contribution in [3.8, 4) is 11.5 Å². The number of hydrogen-bond acceptors (Lipinski definition) is 5. The Labute approximate surface area is 122 Å². The van der Waals surface area contributed by atoms with E-state index in [4.69, 9.17) is 9.47 Å². The van der Waals surface area contributed by atoms with Crippen molar-refractivity contribution < 1.29 is 14.3 Å². The van der Waals surface area contributed by atoms with Gasteiger partial charge in [-0.25, -0.2) is 4.98 Å². The summed E-state index contributed by atoms with van der Waals surface area (Å²) in [5.74, 6) is 2.09. The van der Waals surface area contributed by atoms with Gasteiger partial charge in [-0.15, -0.1) is 0 Å². The fourth-order valence-corrected chi connectivity index (χ4v) is 2.33. The fraction of sp³-hybridized carbons (Fsp3) is 0.333. The van der Waals surface area contributed by atoms with Crippen LogP contribution in [0.5, 0.6) is 11.5 Å². The third kappa shape index (κ3) is 2.44. The van der Waals surface area contributed by atoms with Crippen molar-refractivity contribution in [3.63, 3.8) is 0 Å². The molecule has 0 saturated heterocycles. The van der Waals surface area contributed by atoms with Crippen LogP contribution in [0.15, 0.2) is 24.4 Å². The number of benzene rings is 1. The lowest BCUT2D eigenvalue weighted by Crippen LogP contribution is -2.36. The summed E-state index contributed by atoms with van der Waals surface area (Å²) < 4.78 is 10.8. The highest BCUT2D eigenvalue weighted by Gasteiger charge is 2.19. The minimum atomic E-state index is -0.358. The summed E-state index contributed by atoms with van der Waals surface area (Å²) in [5.41, 5.74) is 0. The standard InChI is InChI=1S/C15H17N3O3/c1-9(15(19)18(2)3)17-14-11-7-13-12(20-8-21-13)6-10(11)4-5-16-14/h4-7,9H,8H2,1-3H3,(H,16,17). The minimum Gasteiger partial charge on any atom is -0.454 e. The zero-order valence-corrected chi connectivity index (χ0v) is 12.2. The van der Waals surface area contributed by atoms with Gasteiger partial charge in [-0.1, -0.05) is 0 Å². The zero-order chi connectivity index (χ0) is 15.0. The molecule has 1 aliphatic heterocycles. The largest absolute Gasteiger partial charge is 0.454 e. The van der Waals surface area contributed by atoms with Gasteiger partial charge in [0.2, 0.25) is 12.7 Å². The Morgan fingerprint density at radius 3 is 2.76 bits per heavy atom. The van der Waals surface area contributed by atoms with Crippen molar-refractivity contribution in [1.82, 2.24) is 9.88 Å². The number of hydrogen-bond donors (Lipinski definition) is 1. The molecule has 2 heterocycles. The number of carbonyl (C=O) groups is 1. The first kappa shape index (κ1) is 13.5. The van der Waals surface area contributed by atoms with Crippen LogP contribution in [0, 0.1) is 0 Å². The number of aromatic nitrogens is 1. The van der Waals surface area contributed by atoms with Crippen LogP contribution in [0.2, 0.25) is 0 Å². The van der Waals surface area contributed by atoms with Crippen LogP contribution < -0.4 is 14.8 Å². The first-order valence-corrected chi connectivity index (χ1v) is 6.72. The van der Waals surface area contributed by atoms with Crippen molar-refractivity contribution in [3.05, 3.63) is 24.4 Å². The Morgan fingerprint density at radius 1 is 1.33 bits per heavy atom. The first-order chi connectivity index (χ1) is 10.1. The SMILES string of the molecule is CC(Nc1nccc2cc3c(cc12)OCO3)C(=O)N(C)C. The Morgan fingerprint density at radius 2 is 2.05 bits per heavy atom. The van der Waals surface area contributed by atoms with Gasteiger partial charge in [0.25, 0.3) is 0 Å². The van der Waals surface area contributed by atoms with Crippen LogP contribution in [0.4, 0.5) is 5.82 Å². The molecule has 2 aromatic rings. The number of ether oxygens (including phenoxy) is 2. The molecule has 21 heavy (non-hydrogen) atoms. The maximum absolute atomic E-state index is 12.0. The average Bonchev–Trinajstić information content (AvgIpc) is 2.91. The number of fused-ring (bicyclic) bond motifs is 2.